The number of benzene rings is 1. The largest absolute Gasteiger partial charge is 0.352 e. The predicted molar refractivity (Wildman–Crippen MR) is 99.3 cm³/mol. The summed E-state index contributed by atoms with van der Waals surface area (Å²) in [6.45, 7) is 0. The molecule has 0 saturated heterocycles. The second-order valence-electron chi connectivity index (χ2n) is 7.86. The molecule has 3 aliphatic carbocycles. The van der Waals surface area contributed by atoms with Crippen LogP contribution in [0.15, 0.2) is 24.3 Å². The second kappa shape index (κ2) is 7.45. The Labute approximate surface area is 151 Å². The molecule has 3 unspecified atom stereocenters. The van der Waals surface area contributed by atoms with Crippen molar-refractivity contribution in [3.63, 3.8) is 0 Å². The maximum atomic E-state index is 13.0. The molecule has 1 amide bonds. The van der Waals surface area contributed by atoms with Crippen LogP contribution in [0.1, 0.15) is 62.0 Å². The van der Waals surface area contributed by atoms with Gasteiger partial charge in [0.2, 0.25) is 5.91 Å². The summed E-state index contributed by atoms with van der Waals surface area (Å²) < 4.78 is 0. The SMILES string of the molecule is Cl.NC1CC2CCCC(C1)C2NC(=O)C1CCCc2ccccc21. The van der Waals surface area contributed by atoms with E-state index >= 15 is 0 Å². The molecular weight excluding hydrogens is 320 g/mol. The van der Waals surface area contributed by atoms with E-state index in [-0.39, 0.29) is 24.2 Å². The minimum Gasteiger partial charge on any atom is -0.352 e. The fourth-order valence-corrected chi connectivity index (χ4v) is 5.32. The number of hydrogen-bond donors (Lipinski definition) is 2. The van der Waals surface area contributed by atoms with Crippen LogP contribution in [0.25, 0.3) is 0 Å². The standard InChI is InChI=1S/C20H28N2O.ClH/c21-16-11-14-7-3-8-15(12-16)19(14)22-20(23)18-10-4-6-13-5-1-2-9-17(13)18;/h1-2,5,9,14-16,18-19H,3-4,6-8,10-12,21H2,(H,22,23);1H. The molecule has 0 heterocycles. The smallest absolute Gasteiger partial charge is 0.227 e. The first-order valence-electron chi connectivity index (χ1n) is 9.36. The summed E-state index contributed by atoms with van der Waals surface area (Å²) in [5.74, 6) is 1.51. The van der Waals surface area contributed by atoms with Gasteiger partial charge in [0.1, 0.15) is 0 Å². The average Bonchev–Trinajstić information content (AvgIpc) is 2.55. The number of rotatable bonds is 2. The summed E-state index contributed by atoms with van der Waals surface area (Å²) in [6.07, 6.45) is 9.17. The number of amides is 1. The van der Waals surface area contributed by atoms with Crippen molar-refractivity contribution in [1.82, 2.24) is 5.32 Å². The van der Waals surface area contributed by atoms with Crippen molar-refractivity contribution in [3.05, 3.63) is 35.4 Å². The van der Waals surface area contributed by atoms with Crippen molar-refractivity contribution in [2.45, 2.75) is 69.4 Å². The minimum absolute atomic E-state index is 0. The molecule has 0 aromatic heterocycles. The van der Waals surface area contributed by atoms with Gasteiger partial charge in [-0.25, -0.2) is 0 Å². The summed E-state index contributed by atoms with van der Waals surface area (Å²) in [7, 11) is 0. The molecule has 1 aromatic rings. The number of fused-ring (bicyclic) bond motifs is 3. The molecule has 2 fully saturated rings. The van der Waals surface area contributed by atoms with Crippen molar-refractivity contribution in [2.75, 3.05) is 0 Å². The molecule has 4 heteroatoms. The highest BCUT2D eigenvalue weighted by molar-refractivity contribution is 5.85. The average molecular weight is 349 g/mol. The molecule has 3 N–H and O–H groups in total. The molecular formula is C20H29ClN2O. The molecule has 0 aliphatic heterocycles. The van der Waals surface area contributed by atoms with Crippen molar-refractivity contribution < 1.29 is 4.79 Å². The van der Waals surface area contributed by atoms with E-state index < -0.39 is 0 Å². The molecule has 1 aromatic carbocycles. The minimum atomic E-state index is 0. The van der Waals surface area contributed by atoms with Gasteiger partial charge >= 0.3 is 0 Å². The quantitative estimate of drug-likeness (QED) is 0.858. The van der Waals surface area contributed by atoms with Gasteiger partial charge in [0.25, 0.3) is 0 Å². The van der Waals surface area contributed by atoms with E-state index in [4.69, 9.17) is 5.73 Å². The van der Waals surface area contributed by atoms with Gasteiger partial charge in [0, 0.05) is 12.1 Å². The van der Waals surface area contributed by atoms with Crippen molar-refractivity contribution >= 4 is 18.3 Å². The zero-order valence-corrected chi connectivity index (χ0v) is 15.1. The van der Waals surface area contributed by atoms with Gasteiger partial charge in [-0.05, 0) is 67.9 Å². The molecule has 3 atom stereocenters. The fourth-order valence-electron chi connectivity index (χ4n) is 5.32. The summed E-state index contributed by atoms with van der Waals surface area (Å²) >= 11 is 0. The first-order valence-corrected chi connectivity index (χ1v) is 9.36. The molecule has 2 bridgehead atoms. The Morgan fingerprint density at radius 2 is 1.75 bits per heavy atom. The van der Waals surface area contributed by atoms with Crippen LogP contribution in [0.2, 0.25) is 0 Å². The lowest BCUT2D eigenvalue weighted by molar-refractivity contribution is -0.125. The van der Waals surface area contributed by atoms with Gasteiger partial charge in [-0.15, -0.1) is 12.4 Å². The van der Waals surface area contributed by atoms with Gasteiger partial charge in [-0.2, -0.15) is 0 Å². The van der Waals surface area contributed by atoms with Gasteiger partial charge in [-0.1, -0.05) is 30.7 Å². The lowest BCUT2D eigenvalue weighted by Gasteiger charge is -2.45. The van der Waals surface area contributed by atoms with Crippen LogP contribution >= 0.6 is 12.4 Å². The van der Waals surface area contributed by atoms with Crippen LogP contribution < -0.4 is 11.1 Å². The van der Waals surface area contributed by atoms with Gasteiger partial charge in [-0.3, -0.25) is 4.79 Å². The summed E-state index contributed by atoms with van der Waals surface area (Å²) in [5.41, 5.74) is 8.84. The maximum Gasteiger partial charge on any atom is 0.227 e. The third-order valence-corrected chi connectivity index (χ3v) is 6.37. The van der Waals surface area contributed by atoms with Gasteiger partial charge in [0.15, 0.2) is 0 Å². The highest BCUT2D eigenvalue weighted by atomic mass is 35.5. The van der Waals surface area contributed by atoms with Crippen molar-refractivity contribution in [3.8, 4) is 0 Å². The Morgan fingerprint density at radius 3 is 2.50 bits per heavy atom. The van der Waals surface area contributed by atoms with Crippen LogP contribution in [-0.2, 0) is 11.2 Å². The van der Waals surface area contributed by atoms with Crippen LogP contribution in [-0.4, -0.2) is 18.0 Å². The molecule has 2 saturated carbocycles. The van der Waals surface area contributed by atoms with E-state index in [0.717, 1.165) is 32.1 Å². The first-order chi connectivity index (χ1) is 11.2. The Morgan fingerprint density at radius 1 is 1.04 bits per heavy atom. The number of nitrogens with one attached hydrogen (secondary N) is 1. The highest BCUT2D eigenvalue weighted by Crippen LogP contribution is 2.40. The fraction of sp³-hybridized carbons (Fsp3) is 0.650. The Hall–Kier alpha value is -1.06. The molecule has 4 rings (SSSR count). The van der Waals surface area contributed by atoms with Crippen LogP contribution in [0, 0.1) is 11.8 Å². The van der Waals surface area contributed by atoms with Gasteiger partial charge < -0.3 is 11.1 Å². The van der Waals surface area contributed by atoms with Crippen LogP contribution in [0.3, 0.4) is 0 Å². The molecule has 3 aliphatic rings. The predicted octanol–water partition coefficient (Wildman–Crippen LogP) is 3.55. The third-order valence-electron chi connectivity index (χ3n) is 6.37. The third kappa shape index (κ3) is 3.34. The Kier molecular flexibility index (Phi) is 5.51. The van der Waals surface area contributed by atoms with E-state index in [9.17, 15) is 4.79 Å². The number of aryl methyl sites for hydroxylation is 1. The zero-order valence-electron chi connectivity index (χ0n) is 14.2. The molecule has 0 spiro atoms. The molecule has 132 valence electrons. The van der Waals surface area contributed by atoms with E-state index in [1.807, 2.05) is 0 Å². The molecule has 0 radical (unpaired) electrons. The lowest BCUT2D eigenvalue weighted by atomic mass is 9.66. The van der Waals surface area contributed by atoms with Crippen molar-refractivity contribution in [1.29, 1.82) is 0 Å². The van der Waals surface area contributed by atoms with Gasteiger partial charge in [0.05, 0.1) is 5.92 Å². The topological polar surface area (TPSA) is 55.1 Å². The van der Waals surface area contributed by atoms with E-state index in [1.54, 1.807) is 0 Å². The monoisotopic (exact) mass is 348 g/mol. The van der Waals surface area contributed by atoms with E-state index in [0.29, 0.717) is 23.9 Å². The number of hydrogen-bond acceptors (Lipinski definition) is 2. The van der Waals surface area contributed by atoms with E-state index in [1.165, 1.54) is 30.4 Å². The molecule has 24 heavy (non-hydrogen) atoms. The number of nitrogens with two attached hydrogens (primary N) is 1. The number of carbonyl (C=O) groups is 1. The second-order valence-corrected chi connectivity index (χ2v) is 7.86. The summed E-state index contributed by atoms with van der Waals surface area (Å²) in [6, 6.07) is 9.20. The van der Waals surface area contributed by atoms with Crippen molar-refractivity contribution in [2.24, 2.45) is 17.6 Å². The zero-order chi connectivity index (χ0) is 15.8. The summed E-state index contributed by atoms with van der Waals surface area (Å²) in [4.78, 5) is 13.0. The highest BCUT2D eigenvalue weighted by Gasteiger charge is 2.41. The van der Waals surface area contributed by atoms with Crippen LogP contribution in [0.4, 0.5) is 0 Å². The summed E-state index contributed by atoms with van der Waals surface area (Å²) in [5, 5.41) is 3.46. The molecule has 3 nitrogen and oxygen atoms in total. The lowest BCUT2D eigenvalue weighted by Crippen LogP contribution is -2.54. The van der Waals surface area contributed by atoms with E-state index in [2.05, 4.69) is 29.6 Å². The Bertz CT molecular complexity index is 577. The number of halogens is 1. The van der Waals surface area contributed by atoms with Crippen LogP contribution in [0.5, 0.6) is 0 Å². The number of carbonyl (C=O) groups excluding carboxylic acids is 1. The maximum absolute atomic E-state index is 13.0. The normalized spacial score (nSPS) is 34.6. The first kappa shape index (κ1) is 17.8. The Balaban J connectivity index is 0.00000169.